The quantitative estimate of drug-likeness (QED) is 0.481. The molecule has 0 amide bonds. The molecule has 28 heavy (non-hydrogen) atoms. The van der Waals surface area contributed by atoms with Crippen LogP contribution in [0.4, 0.5) is 13.2 Å². The molecule has 0 fully saturated rings. The predicted molar refractivity (Wildman–Crippen MR) is 107 cm³/mol. The van der Waals surface area contributed by atoms with Gasteiger partial charge in [-0.25, -0.2) is 0 Å². The molecule has 0 saturated heterocycles. The summed E-state index contributed by atoms with van der Waals surface area (Å²) in [6.45, 7) is 3.12. The second-order valence-electron chi connectivity index (χ2n) is 6.63. The first-order valence-electron chi connectivity index (χ1n) is 9.00. The van der Waals surface area contributed by atoms with E-state index in [0.29, 0.717) is 22.4 Å². The molecule has 0 bridgehead atoms. The molecular weight excluding hydrogens is 410 g/mol. The van der Waals surface area contributed by atoms with E-state index in [1.165, 1.54) is 0 Å². The van der Waals surface area contributed by atoms with Crippen LogP contribution in [0.1, 0.15) is 24.0 Å². The highest BCUT2D eigenvalue weighted by molar-refractivity contribution is 6.42. The number of hydrogen-bond donors (Lipinski definition) is 0. The van der Waals surface area contributed by atoms with Crippen molar-refractivity contribution < 1.29 is 17.9 Å². The standard InChI is InChI=1S/C21H20Cl2F3NO/c22-19-7-6-18(14-20(19)23)28-13-1-10-27-11-8-16(9-12-27)15-2-4-17(5-3-15)21(24,25)26/h2-8,14H,1,9-13H2. The maximum Gasteiger partial charge on any atom is 0.416 e. The van der Waals surface area contributed by atoms with Crippen LogP contribution < -0.4 is 4.74 Å². The van der Waals surface area contributed by atoms with Gasteiger partial charge in [0.05, 0.1) is 22.2 Å². The summed E-state index contributed by atoms with van der Waals surface area (Å²) in [4.78, 5) is 2.30. The van der Waals surface area contributed by atoms with Gasteiger partial charge in [-0.2, -0.15) is 13.2 Å². The lowest BCUT2D eigenvalue weighted by Crippen LogP contribution is -2.30. The van der Waals surface area contributed by atoms with Crippen molar-refractivity contribution in [2.75, 3.05) is 26.2 Å². The number of nitrogens with zero attached hydrogens (tertiary/aromatic N) is 1. The van der Waals surface area contributed by atoms with E-state index in [4.69, 9.17) is 27.9 Å². The van der Waals surface area contributed by atoms with Gasteiger partial charge in [0.25, 0.3) is 0 Å². The van der Waals surface area contributed by atoms with E-state index in [0.717, 1.165) is 55.7 Å². The van der Waals surface area contributed by atoms with Gasteiger partial charge < -0.3 is 4.74 Å². The first-order valence-corrected chi connectivity index (χ1v) is 9.75. The summed E-state index contributed by atoms with van der Waals surface area (Å²) in [5.41, 5.74) is 1.34. The van der Waals surface area contributed by atoms with Crippen LogP contribution in [0.3, 0.4) is 0 Å². The molecule has 0 radical (unpaired) electrons. The fourth-order valence-electron chi connectivity index (χ4n) is 3.09. The SMILES string of the molecule is FC(F)(F)c1ccc(C2=CCN(CCCOc3ccc(Cl)c(Cl)c3)CC2)cc1. The van der Waals surface area contributed by atoms with Crippen LogP contribution in [0.5, 0.6) is 5.75 Å². The van der Waals surface area contributed by atoms with E-state index in [2.05, 4.69) is 11.0 Å². The van der Waals surface area contributed by atoms with E-state index >= 15 is 0 Å². The molecule has 150 valence electrons. The molecule has 2 aromatic rings. The number of ether oxygens (including phenoxy) is 1. The van der Waals surface area contributed by atoms with Crippen LogP contribution in [-0.2, 0) is 6.18 Å². The highest BCUT2D eigenvalue weighted by atomic mass is 35.5. The second kappa shape index (κ2) is 9.21. The van der Waals surface area contributed by atoms with E-state index < -0.39 is 11.7 Å². The predicted octanol–water partition coefficient (Wildman–Crippen LogP) is 6.57. The molecule has 0 spiro atoms. The topological polar surface area (TPSA) is 12.5 Å². The second-order valence-corrected chi connectivity index (χ2v) is 7.45. The minimum Gasteiger partial charge on any atom is -0.493 e. The Kier molecular flexibility index (Phi) is 6.91. The Balaban J connectivity index is 1.44. The summed E-state index contributed by atoms with van der Waals surface area (Å²) in [6.07, 6.45) is -0.523. The maximum atomic E-state index is 12.7. The lowest BCUT2D eigenvalue weighted by atomic mass is 9.98. The highest BCUT2D eigenvalue weighted by Gasteiger charge is 2.30. The Morgan fingerprint density at radius 1 is 1.00 bits per heavy atom. The van der Waals surface area contributed by atoms with Gasteiger partial charge in [-0.1, -0.05) is 41.4 Å². The molecule has 1 heterocycles. The Hall–Kier alpha value is -1.69. The summed E-state index contributed by atoms with van der Waals surface area (Å²) in [5, 5.41) is 0.967. The fraction of sp³-hybridized carbons (Fsp3) is 0.333. The molecule has 0 aliphatic carbocycles. The van der Waals surface area contributed by atoms with Gasteiger partial charge in [0.1, 0.15) is 5.75 Å². The van der Waals surface area contributed by atoms with E-state index in [1.54, 1.807) is 30.3 Å². The normalized spacial score (nSPS) is 15.4. The fourth-order valence-corrected chi connectivity index (χ4v) is 3.38. The van der Waals surface area contributed by atoms with E-state index in [-0.39, 0.29) is 0 Å². The van der Waals surface area contributed by atoms with Crippen molar-refractivity contribution in [2.45, 2.75) is 19.0 Å². The summed E-state index contributed by atoms with van der Waals surface area (Å²) < 4.78 is 43.7. The smallest absolute Gasteiger partial charge is 0.416 e. The van der Waals surface area contributed by atoms with Gasteiger partial charge in [-0.3, -0.25) is 4.90 Å². The first-order chi connectivity index (χ1) is 13.3. The van der Waals surface area contributed by atoms with Gasteiger partial charge in [-0.05, 0) is 48.2 Å². The molecule has 0 N–H and O–H groups in total. The van der Waals surface area contributed by atoms with Gasteiger partial charge in [0.2, 0.25) is 0 Å². The minimum atomic E-state index is -4.30. The molecule has 2 aromatic carbocycles. The Morgan fingerprint density at radius 3 is 2.36 bits per heavy atom. The van der Waals surface area contributed by atoms with Crippen LogP contribution in [0, 0.1) is 0 Å². The van der Waals surface area contributed by atoms with E-state index in [1.807, 2.05) is 0 Å². The summed E-state index contributed by atoms with van der Waals surface area (Å²) in [7, 11) is 0. The van der Waals surface area contributed by atoms with Crippen LogP contribution >= 0.6 is 23.2 Å². The largest absolute Gasteiger partial charge is 0.493 e. The van der Waals surface area contributed by atoms with Crippen molar-refractivity contribution in [3.63, 3.8) is 0 Å². The monoisotopic (exact) mass is 429 g/mol. The number of alkyl halides is 3. The maximum absolute atomic E-state index is 12.7. The number of hydrogen-bond acceptors (Lipinski definition) is 2. The third-order valence-electron chi connectivity index (χ3n) is 4.65. The summed E-state index contributed by atoms with van der Waals surface area (Å²) >= 11 is 11.8. The summed E-state index contributed by atoms with van der Waals surface area (Å²) in [5.74, 6) is 0.692. The zero-order valence-electron chi connectivity index (χ0n) is 15.1. The van der Waals surface area contributed by atoms with Crippen LogP contribution in [-0.4, -0.2) is 31.1 Å². The molecule has 2 nitrogen and oxygen atoms in total. The molecule has 0 unspecified atom stereocenters. The zero-order valence-corrected chi connectivity index (χ0v) is 16.6. The summed E-state index contributed by atoms with van der Waals surface area (Å²) in [6, 6.07) is 10.6. The molecule has 0 aromatic heterocycles. The molecule has 1 aliphatic rings. The van der Waals surface area contributed by atoms with Gasteiger partial charge >= 0.3 is 6.18 Å². The molecule has 3 rings (SSSR count). The number of rotatable bonds is 6. The Morgan fingerprint density at radius 2 is 1.75 bits per heavy atom. The third-order valence-corrected chi connectivity index (χ3v) is 5.39. The van der Waals surface area contributed by atoms with Gasteiger partial charge in [0.15, 0.2) is 0 Å². The van der Waals surface area contributed by atoms with Crippen molar-refractivity contribution in [3.05, 3.63) is 69.7 Å². The van der Waals surface area contributed by atoms with Crippen molar-refractivity contribution in [1.82, 2.24) is 4.90 Å². The zero-order chi connectivity index (χ0) is 20.1. The molecule has 7 heteroatoms. The molecular formula is C21H20Cl2F3NO. The van der Waals surface area contributed by atoms with Crippen molar-refractivity contribution in [2.24, 2.45) is 0 Å². The lowest BCUT2D eigenvalue weighted by molar-refractivity contribution is -0.137. The Labute approximate surface area is 172 Å². The van der Waals surface area contributed by atoms with Crippen molar-refractivity contribution in [3.8, 4) is 5.75 Å². The molecule has 0 atom stereocenters. The van der Waals surface area contributed by atoms with Crippen LogP contribution in [0.25, 0.3) is 5.57 Å². The average Bonchev–Trinajstić information content (AvgIpc) is 2.68. The molecule has 1 aliphatic heterocycles. The molecule has 0 saturated carbocycles. The highest BCUT2D eigenvalue weighted by Crippen LogP contribution is 2.31. The van der Waals surface area contributed by atoms with Gasteiger partial charge in [-0.15, -0.1) is 0 Å². The minimum absolute atomic E-state index is 0.469. The van der Waals surface area contributed by atoms with Crippen LogP contribution in [0.15, 0.2) is 48.5 Å². The van der Waals surface area contributed by atoms with E-state index in [9.17, 15) is 13.2 Å². The lowest BCUT2D eigenvalue weighted by Gasteiger charge is -2.26. The van der Waals surface area contributed by atoms with Crippen molar-refractivity contribution in [1.29, 1.82) is 0 Å². The Bertz CT molecular complexity index is 835. The average molecular weight is 430 g/mol. The van der Waals surface area contributed by atoms with Crippen LogP contribution in [0.2, 0.25) is 10.0 Å². The van der Waals surface area contributed by atoms with Crippen molar-refractivity contribution >= 4 is 28.8 Å². The number of halogens is 5. The number of benzene rings is 2. The third kappa shape index (κ3) is 5.66. The first kappa shape index (κ1) is 21.0. The van der Waals surface area contributed by atoms with Gasteiger partial charge in [0, 0.05) is 25.7 Å².